The molecule has 11 rings (SSSR count). The largest absolute Gasteiger partial charge is 0.0616 e. The van der Waals surface area contributed by atoms with Crippen molar-refractivity contribution in [3.05, 3.63) is 170 Å². The molecule has 0 N–H and O–H groups in total. The molecule has 0 heteroatoms. The third-order valence-corrected chi connectivity index (χ3v) is 10.8. The summed E-state index contributed by atoms with van der Waals surface area (Å²) in [6, 6.07) is 63.5. The summed E-state index contributed by atoms with van der Waals surface area (Å²) in [6.07, 6.45) is 0. The van der Waals surface area contributed by atoms with Crippen molar-refractivity contribution in [2.24, 2.45) is 0 Å². The van der Waals surface area contributed by atoms with Gasteiger partial charge in [-0.05, 0) is 127 Å². The van der Waals surface area contributed by atoms with Gasteiger partial charge < -0.3 is 0 Å². The van der Waals surface area contributed by atoms with Gasteiger partial charge in [0.1, 0.15) is 0 Å². The molecule has 11 aromatic carbocycles. The Balaban J connectivity index is 1.07. The Morgan fingerprint density at radius 1 is 0.208 bits per heavy atom. The third kappa shape index (κ3) is 3.66. The summed E-state index contributed by atoms with van der Waals surface area (Å²) in [5.74, 6) is 0. The van der Waals surface area contributed by atoms with E-state index in [1.54, 1.807) is 0 Å². The number of benzene rings is 11. The molecule has 0 saturated heterocycles. The minimum atomic E-state index is 1.24. The first-order valence-corrected chi connectivity index (χ1v) is 16.7. The van der Waals surface area contributed by atoms with E-state index in [4.69, 9.17) is 0 Å². The van der Waals surface area contributed by atoms with Crippen LogP contribution in [0.25, 0.3) is 108 Å². The lowest BCUT2D eigenvalue weighted by molar-refractivity contribution is 1.68. The molecule has 0 amide bonds. The fourth-order valence-corrected chi connectivity index (χ4v) is 8.39. The fraction of sp³-hybridized carbons (Fsp3) is 0. The van der Waals surface area contributed by atoms with E-state index in [1.165, 1.54) is 108 Å². The monoisotopic (exact) mass is 604 g/mol. The van der Waals surface area contributed by atoms with Gasteiger partial charge in [-0.3, -0.25) is 0 Å². The maximum atomic E-state index is 2.40. The Bertz CT molecular complexity index is 3090. The zero-order valence-electron chi connectivity index (χ0n) is 26.2. The summed E-state index contributed by atoms with van der Waals surface area (Å²) < 4.78 is 0. The highest BCUT2D eigenvalue weighted by Crippen LogP contribution is 2.41. The van der Waals surface area contributed by atoms with Crippen molar-refractivity contribution >= 4 is 86.2 Å². The van der Waals surface area contributed by atoms with Gasteiger partial charge >= 0.3 is 0 Å². The lowest BCUT2D eigenvalue weighted by Crippen LogP contribution is -1.88. The molecule has 48 heavy (non-hydrogen) atoms. The molecule has 0 aromatic heterocycles. The zero-order valence-corrected chi connectivity index (χ0v) is 26.2. The van der Waals surface area contributed by atoms with Gasteiger partial charge in [0.2, 0.25) is 0 Å². The highest BCUT2D eigenvalue weighted by Gasteiger charge is 2.13. The van der Waals surface area contributed by atoms with Crippen LogP contribution in [0.3, 0.4) is 0 Å². The fourth-order valence-electron chi connectivity index (χ4n) is 8.39. The van der Waals surface area contributed by atoms with Gasteiger partial charge in [-0.25, -0.2) is 0 Å². The van der Waals surface area contributed by atoms with E-state index in [0.29, 0.717) is 0 Å². The van der Waals surface area contributed by atoms with Crippen LogP contribution in [0.2, 0.25) is 0 Å². The van der Waals surface area contributed by atoms with Crippen LogP contribution in [-0.4, -0.2) is 0 Å². The molecule has 0 aliphatic heterocycles. The molecule has 0 radical (unpaired) electrons. The molecule has 0 atom stereocenters. The summed E-state index contributed by atoms with van der Waals surface area (Å²) in [5, 5.41) is 20.8. The quantitative estimate of drug-likeness (QED) is 0.172. The van der Waals surface area contributed by atoms with Crippen molar-refractivity contribution in [1.29, 1.82) is 0 Å². The van der Waals surface area contributed by atoms with Crippen molar-refractivity contribution in [2.75, 3.05) is 0 Å². The van der Waals surface area contributed by atoms with Crippen molar-refractivity contribution in [3.8, 4) is 22.3 Å². The summed E-state index contributed by atoms with van der Waals surface area (Å²) in [6.45, 7) is 0. The maximum Gasteiger partial charge on any atom is -0.00206 e. The van der Waals surface area contributed by atoms with E-state index >= 15 is 0 Å². The minimum Gasteiger partial charge on any atom is -0.0616 e. The smallest absolute Gasteiger partial charge is 0.00206 e. The normalized spacial score (nSPS) is 12.2. The van der Waals surface area contributed by atoms with E-state index in [-0.39, 0.29) is 0 Å². The second-order valence-electron chi connectivity index (χ2n) is 13.3. The van der Waals surface area contributed by atoms with Gasteiger partial charge in [-0.15, -0.1) is 0 Å². The summed E-state index contributed by atoms with van der Waals surface area (Å²) in [7, 11) is 0. The molecule has 11 aromatic rings. The average Bonchev–Trinajstić information content (AvgIpc) is 3.16. The summed E-state index contributed by atoms with van der Waals surface area (Å²) in [4.78, 5) is 0. The highest BCUT2D eigenvalue weighted by molar-refractivity contribution is 6.26. The summed E-state index contributed by atoms with van der Waals surface area (Å²) >= 11 is 0. The molecule has 0 fully saturated rings. The molecule has 0 heterocycles. The molecule has 220 valence electrons. The molecule has 0 unspecified atom stereocenters. The lowest BCUT2D eigenvalue weighted by Gasteiger charge is -2.15. The van der Waals surface area contributed by atoms with Gasteiger partial charge in [0.15, 0.2) is 0 Å². The predicted octanol–water partition coefficient (Wildman–Crippen LogP) is 13.7. The molecule has 0 spiro atoms. The Hall–Kier alpha value is -6.24. The van der Waals surface area contributed by atoms with E-state index < -0.39 is 0 Å². The maximum absolute atomic E-state index is 2.40. The standard InChI is InChI=1S/C48H28/c1-2-7-39-29(4-1)16-24-43-42(39)23-17-31-8-13-36(27-46(31)43)35-20-22-41-37(26-35)14-9-30-10-15-38(28-45(30)41)40-21-18-34-12-11-32-5-3-6-33-19-25-44(40)48(34)47(32)33/h1-28H. The molecule has 0 bridgehead atoms. The van der Waals surface area contributed by atoms with E-state index in [9.17, 15) is 0 Å². The Morgan fingerprint density at radius 3 is 1.52 bits per heavy atom. The van der Waals surface area contributed by atoms with Crippen LogP contribution in [0.4, 0.5) is 0 Å². The molecule has 0 aliphatic rings. The van der Waals surface area contributed by atoms with Crippen LogP contribution in [0.15, 0.2) is 170 Å². The highest BCUT2D eigenvalue weighted by atomic mass is 14.2. The first-order valence-electron chi connectivity index (χ1n) is 16.7. The van der Waals surface area contributed by atoms with Crippen LogP contribution >= 0.6 is 0 Å². The average molecular weight is 605 g/mol. The molecular formula is C48H28. The third-order valence-electron chi connectivity index (χ3n) is 10.8. The molecular weight excluding hydrogens is 577 g/mol. The Labute approximate surface area is 277 Å². The van der Waals surface area contributed by atoms with Gasteiger partial charge in [-0.1, -0.05) is 152 Å². The number of hydrogen-bond donors (Lipinski definition) is 0. The first kappa shape index (κ1) is 25.9. The topological polar surface area (TPSA) is 0 Å². The van der Waals surface area contributed by atoms with Crippen LogP contribution in [0.1, 0.15) is 0 Å². The van der Waals surface area contributed by atoms with E-state index in [0.717, 1.165) is 0 Å². The first-order chi connectivity index (χ1) is 23.8. The SMILES string of the molecule is c1ccc2c(c1)ccc1c3cc(-c4ccc5c(ccc6ccc(-c7ccc8ccc9cccc%10ccc7c8c9%10)cc65)c4)ccc3ccc21. The number of fused-ring (bicyclic) bond motifs is 8. The minimum absolute atomic E-state index is 1.24. The van der Waals surface area contributed by atoms with Gasteiger partial charge in [0, 0.05) is 0 Å². The van der Waals surface area contributed by atoms with E-state index in [1.807, 2.05) is 0 Å². The van der Waals surface area contributed by atoms with Crippen molar-refractivity contribution < 1.29 is 0 Å². The van der Waals surface area contributed by atoms with Gasteiger partial charge in [0.05, 0.1) is 0 Å². The van der Waals surface area contributed by atoms with E-state index in [2.05, 4.69) is 170 Å². The second-order valence-corrected chi connectivity index (χ2v) is 13.3. The molecule has 0 nitrogen and oxygen atoms in total. The molecule has 0 saturated carbocycles. The van der Waals surface area contributed by atoms with Gasteiger partial charge in [0.25, 0.3) is 0 Å². The second kappa shape index (κ2) is 9.64. The zero-order chi connectivity index (χ0) is 31.3. The number of hydrogen-bond acceptors (Lipinski definition) is 0. The van der Waals surface area contributed by atoms with Crippen molar-refractivity contribution in [1.82, 2.24) is 0 Å². The van der Waals surface area contributed by atoms with Crippen LogP contribution in [0.5, 0.6) is 0 Å². The number of rotatable bonds is 2. The predicted molar refractivity (Wildman–Crippen MR) is 209 cm³/mol. The Kier molecular flexibility index (Phi) is 5.20. The summed E-state index contributed by atoms with van der Waals surface area (Å²) in [5.41, 5.74) is 5.02. The lowest BCUT2D eigenvalue weighted by atomic mass is 9.89. The van der Waals surface area contributed by atoms with Crippen molar-refractivity contribution in [3.63, 3.8) is 0 Å². The van der Waals surface area contributed by atoms with Gasteiger partial charge in [-0.2, -0.15) is 0 Å². The Morgan fingerprint density at radius 2 is 0.667 bits per heavy atom. The van der Waals surface area contributed by atoms with Crippen molar-refractivity contribution in [2.45, 2.75) is 0 Å². The molecule has 0 aliphatic carbocycles. The van der Waals surface area contributed by atoms with Crippen LogP contribution in [0, 0.1) is 0 Å². The van der Waals surface area contributed by atoms with Crippen LogP contribution in [-0.2, 0) is 0 Å². The van der Waals surface area contributed by atoms with Crippen LogP contribution < -0.4 is 0 Å².